The summed E-state index contributed by atoms with van der Waals surface area (Å²) >= 11 is 0. The smallest absolute Gasteiger partial charge is 0.262 e. The van der Waals surface area contributed by atoms with E-state index in [0.717, 1.165) is 30.7 Å². The van der Waals surface area contributed by atoms with Gasteiger partial charge in [0, 0.05) is 24.2 Å². The van der Waals surface area contributed by atoms with Crippen LogP contribution in [0.4, 0.5) is 11.4 Å². The van der Waals surface area contributed by atoms with Gasteiger partial charge >= 0.3 is 0 Å². The summed E-state index contributed by atoms with van der Waals surface area (Å²) in [5, 5.41) is 14.5. The number of hydrogen-bond donors (Lipinski definition) is 2. The van der Waals surface area contributed by atoms with E-state index in [9.17, 15) is 14.8 Å². The van der Waals surface area contributed by atoms with Crippen LogP contribution in [0, 0.1) is 0 Å². The number of hydrogen-bond acceptors (Lipinski definition) is 5. The second-order valence-corrected chi connectivity index (χ2v) is 8.27. The Kier molecular flexibility index (Phi) is 4.60. The SMILES string of the molecule is CC(C)N1C(=O)C(C(=O)NC2CC3CCC(C2)N3C)N(O)c2ccccc21. The number of carbonyl (C=O) groups excluding carboxylic acids is 2. The Balaban J connectivity index is 1.56. The zero-order valence-corrected chi connectivity index (χ0v) is 16.1. The van der Waals surface area contributed by atoms with Crippen LogP contribution in [0.2, 0.25) is 0 Å². The van der Waals surface area contributed by atoms with Gasteiger partial charge in [-0.2, -0.15) is 0 Å². The van der Waals surface area contributed by atoms with Gasteiger partial charge in [0.25, 0.3) is 11.8 Å². The van der Waals surface area contributed by atoms with Crippen molar-refractivity contribution >= 4 is 23.2 Å². The lowest BCUT2D eigenvalue weighted by Crippen LogP contribution is -2.62. The lowest BCUT2D eigenvalue weighted by atomic mass is 9.97. The van der Waals surface area contributed by atoms with Crippen molar-refractivity contribution in [3.63, 3.8) is 0 Å². The van der Waals surface area contributed by atoms with Crippen molar-refractivity contribution in [3.05, 3.63) is 24.3 Å². The monoisotopic (exact) mass is 372 g/mol. The molecule has 0 aliphatic carbocycles. The third-order valence-electron chi connectivity index (χ3n) is 6.31. The number of carbonyl (C=O) groups is 2. The Labute approximate surface area is 159 Å². The first-order chi connectivity index (χ1) is 12.9. The molecule has 3 atom stereocenters. The summed E-state index contributed by atoms with van der Waals surface area (Å²) < 4.78 is 0. The summed E-state index contributed by atoms with van der Waals surface area (Å²) in [6.07, 6.45) is 4.12. The van der Waals surface area contributed by atoms with Crippen LogP contribution in [0.15, 0.2) is 24.3 Å². The van der Waals surface area contributed by atoms with E-state index in [0.29, 0.717) is 23.5 Å². The van der Waals surface area contributed by atoms with Crippen LogP contribution in [-0.4, -0.2) is 59.2 Å². The largest absolute Gasteiger partial charge is 0.351 e. The van der Waals surface area contributed by atoms with Gasteiger partial charge in [-0.05, 0) is 58.7 Å². The third-order valence-corrected chi connectivity index (χ3v) is 6.31. The number of amides is 2. The Morgan fingerprint density at radius 3 is 2.33 bits per heavy atom. The maximum atomic E-state index is 13.1. The van der Waals surface area contributed by atoms with Crippen LogP contribution >= 0.6 is 0 Å². The van der Waals surface area contributed by atoms with E-state index >= 15 is 0 Å². The summed E-state index contributed by atoms with van der Waals surface area (Å²) in [4.78, 5) is 30.1. The van der Waals surface area contributed by atoms with Crippen molar-refractivity contribution in [1.29, 1.82) is 0 Å². The van der Waals surface area contributed by atoms with Crippen LogP contribution < -0.4 is 15.3 Å². The molecule has 2 amide bonds. The predicted molar refractivity (Wildman–Crippen MR) is 103 cm³/mol. The van der Waals surface area contributed by atoms with Crippen LogP contribution in [0.1, 0.15) is 39.5 Å². The zero-order chi connectivity index (χ0) is 19.3. The van der Waals surface area contributed by atoms with Gasteiger partial charge in [-0.3, -0.25) is 14.8 Å². The fraction of sp³-hybridized carbons (Fsp3) is 0.600. The Morgan fingerprint density at radius 2 is 1.74 bits per heavy atom. The topological polar surface area (TPSA) is 76.1 Å². The maximum absolute atomic E-state index is 13.1. The molecule has 7 nitrogen and oxygen atoms in total. The molecule has 2 bridgehead atoms. The average Bonchev–Trinajstić information content (AvgIpc) is 2.82. The molecule has 0 aromatic heterocycles. The van der Waals surface area contributed by atoms with Crippen molar-refractivity contribution < 1.29 is 14.8 Å². The van der Waals surface area contributed by atoms with Crippen LogP contribution in [0.3, 0.4) is 0 Å². The number of hydroxylamine groups is 1. The van der Waals surface area contributed by atoms with Gasteiger partial charge in [-0.1, -0.05) is 12.1 Å². The van der Waals surface area contributed by atoms with Gasteiger partial charge in [-0.25, -0.2) is 5.06 Å². The summed E-state index contributed by atoms with van der Waals surface area (Å²) in [5.41, 5.74) is 1.11. The molecule has 7 heteroatoms. The van der Waals surface area contributed by atoms with E-state index in [4.69, 9.17) is 0 Å². The Bertz CT molecular complexity index is 738. The van der Waals surface area contributed by atoms with E-state index in [2.05, 4.69) is 17.3 Å². The molecule has 1 aromatic rings. The molecule has 2 fully saturated rings. The first-order valence-corrected chi connectivity index (χ1v) is 9.81. The molecule has 3 unspecified atom stereocenters. The highest BCUT2D eigenvalue weighted by Crippen LogP contribution is 2.37. The molecule has 3 aliphatic rings. The fourth-order valence-electron chi connectivity index (χ4n) is 4.92. The highest BCUT2D eigenvalue weighted by molar-refractivity contribution is 6.17. The van der Waals surface area contributed by atoms with E-state index in [1.807, 2.05) is 19.9 Å². The van der Waals surface area contributed by atoms with Crippen molar-refractivity contribution in [2.24, 2.45) is 0 Å². The molecule has 0 spiro atoms. The molecule has 2 N–H and O–H groups in total. The van der Waals surface area contributed by atoms with Crippen LogP contribution in [0.25, 0.3) is 0 Å². The predicted octanol–water partition coefficient (Wildman–Crippen LogP) is 1.75. The number of fused-ring (bicyclic) bond motifs is 3. The molecule has 4 rings (SSSR count). The number of nitrogens with zero attached hydrogens (tertiary/aromatic N) is 3. The highest BCUT2D eigenvalue weighted by Gasteiger charge is 2.45. The van der Waals surface area contributed by atoms with E-state index in [1.54, 1.807) is 23.1 Å². The van der Waals surface area contributed by atoms with Gasteiger partial charge in [0.15, 0.2) is 0 Å². The number of rotatable bonds is 3. The molecule has 1 aromatic carbocycles. The number of benzene rings is 1. The first kappa shape index (κ1) is 18.3. The van der Waals surface area contributed by atoms with Gasteiger partial charge in [-0.15, -0.1) is 0 Å². The van der Waals surface area contributed by atoms with E-state index < -0.39 is 11.9 Å². The zero-order valence-electron chi connectivity index (χ0n) is 16.1. The van der Waals surface area contributed by atoms with Crippen molar-refractivity contribution in [2.45, 2.75) is 69.7 Å². The molecule has 2 saturated heterocycles. The van der Waals surface area contributed by atoms with Crippen molar-refractivity contribution in [3.8, 4) is 0 Å². The molecule has 27 heavy (non-hydrogen) atoms. The molecule has 0 radical (unpaired) electrons. The van der Waals surface area contributed by atoms with E-state index in [1.165, 1.54) is 0 Å². The van der Waals surface area contributed by atoms with Crippen molar-refractivity contribution in [1.82, 2.24) is 10.2 Å². The molecule has 3 heterocycles. The number of piperidine rings is 1. The average molecular weight is 372 g/mol. The normalized spacial score (nSPS) is 30.6. The Morgan fingerprint density at radius 1 is 1.15 bits per heavy atom. The number of anilines is 2. The molecular weight excluding hydrogens is 344 g/mol. The highest BCUT2D eigenvalue weighted by atomic mass is 16.5. The summed E-state index contributed by atoms with van der Waals surface area (Å²) in [5.74, 6) is -0.809. The van der Waals surface area contributed by atoms with Crippen LogP contribution in [0.5, 0.6) is 0 Å². The second-order valence-electron chi connectivity index (χ2n) is 8.27. The number of para-hydroxylation sites is 2. The quantitative estimate of drug-likeness (QED) is 0.791. The van der Waals surface area contributed by atoms with Crippen molar-refractivity contribution in [2.75, 3.05) is 17.0 Å². The molecule has 3 aliphatic heterocycles. The minimum atomic E-state index is -1.25. The molecule has 0 saturated carbocycles. The second kappa shape index (κ2) is 6.80. The third kappa shape index (κ3) is 2.99. The van der Waals surface area contributed by atoms with Gasteiger partial charge in [0.05, 0.1) is 11.4 Å². The summed E-state index contributed by atoms with van der Waals surface area (Å²) in [6, 6.07) is 6.82. The lowest BCUT2D eigenvalue weighted by Gasteiger charge is -2.41. The Hall–Kier alpha value is -2.12. The molecular formula is C20H28N4O3. The fourth-order valence-corrected chi connectivity index (χ4v) is 4.92. The maximum Gasteiger partial charge on any atom is 0.262 e. The minimum absolute atomic E-state index is 0.0528. The lowest BCUT2D eigenvalue weighted by molar-refractivity contribution is -0.133. The van der Waals surface area contributed by atoms with Gasteiger partial charge in [0.1, 0.15) is 0 Å². The van der Waals surface area contributed by atoms with Gasteiger partial charge in [0.2, 0.25) is 6.04 Å². The van der Waals surface area contributed by atoms with Gasteiger partial charge < -0.3 is 15.1 Å². The van der Waals surface area contributed by atoms with E-state index in [-0.39, 0.29) is 18.0 Å². The molecule has 146 valence electrons. The van der Waals surface area contributed by atoms with Crippen LogP contribution in [-0.2, 0) is 9.59 Å². The summed E-state index contributed by atoms with van der Waals surface area (Å²) in [6.45, 7) is 3.82. The summed E-state index contributed by atoms with van der Waals surface area (Å²) in [7, 11) is 2.15. The first-order valence-electron chi connectivity index (χ1n) is 9.81. The standard InChI is InChI=1S/C20H28N4O3/c1-12(2)23-16-6-4-5-7-17(16)24(27)18(20(23)26)19(25)21-13-10-14-8-9-15(11-13)22(14)3/h4-7,12-15,18,27H,8-11H2,1-3H3,(H,21,25). The number of nitrogens with one attached hydrogen (secondary N) is 1. The minimum Gasteiger partial charge on any atom is -0.351 e.